The van der Waals surface area contributed by atoms with Gasteiger partial charge in [-0.15, -0.1) is 0 Å². The van der Waals surface area contributed by atoms with E-state index in [4.69, 9.17) is 11.6 Å². The van der Waals surface area contributed by atoms with Crippen molar-refractivity contribution in [1.82, 2.24) is 4.90 Å². The van der Waals surface area contributed by atoms with Gasteiger partial charge in [-0.1, -0.05) is 24.9 Å². The van der Waals surface area contributed by atoms with Crippen molar-refractivity contribution in [3.05, 3.63) is 32.4 Å². The summed E-state index contributed by atoms with van der Waals surface area (Å²) in [6.07, 6.45) is 1.91. The average molecular weight is 422 g/mol. The first-order valence-electron chi connectivity index (χ1n) is 6.87. The van der Waals surface area contributed by atoms with Gasteiger partial charge in [-0.2, -0.15) is 0 Å². The van der Waals surface area contributed by atoms with Crippen LogP contribution < -0.4 is 0 Å². The molecule has 4 nitrogen and oxygen atoms in total. The summed E-state index contributed by atoms with van der Waals surface area (Å²) in [4.78, 5) is 25.7. The maximum atomic E-state index is 12.5. The number of hydrogen-bond donors (Lipinski definition) is 1. The fraction of sp³-hybridized carbons (Fsp3) is 0.467. The highest BCUT2D eigenvalue weighted by molar-refractivity contribution is 14.1. The largest absolute Gasteiger partial charge is 0.481 e. The summed E-state index contributed by atoms with van der Waals surface area (Å²) in [6.45, 7) is 2.72. The van der Waals surface area contributed by atoms with Crippen LogP contribution in [-0.2, 0) is 4.79 Å². The SMILES string of the molecule is CCCC1(C(=O)O)CCN(C(=O)c2ccc(I)c(Cl)c2)C1. The molecule has 0 radical (unpaired) electrons. The Morgan fingerprint density at radius 3 is 2.76 bits per heavy atom. The first-order valence-corrected chi connectivity index (χ1v) is 8.33. The lowest BCUT2D eigenvalue weighted by Crippen LogP contribution is -2.36. The van der Waals surface area contributed by atoms with E-state index in [2.05, 4.69) is 22.6 Å². The van der Waals surface area contributed by atoms with Crippen LogP contribution in [-0.4, -0.2) is 35.0 Å². The van der Waals surface area contributed by atoms with Gasteiger partial charge in [-0.25, -0.2) is 0 Å². The summed E-state index contributed by atoms with van der Waals surface area (Å²) in [6, 6.07) is 5.17. The molecule has 21 heavy (non-hydrogen) atoms. The molecule has 0 aliphatic carbocycles. The topological polar surface area (TPSA) is 57.6 Å². The lowest BCUT2D eigenvalue weighted by Gasteiger charge is -2.24. The Balaban J connectivity index is 2.18. The molecule has 1 amide bonds. The van der Waals surface area contributed by atoms with Gasteiger partial charge in [0.15, 0.2) is 0 Å². The predicted molar refractivity (Wildman–Crippen MR) is 89.7 cm³/mol. The maximum Gasteiger partial charge on any atom is 0.311 e. The monoisotopic (exact) mass is 421 g/mol. The number of amides is 1. The van der Waals surface area contributed by atoms with Crippen molar-refractivity contribution in [2.45, 2.75) is 26.2 Å². The molecule has 1 atom stereocenters. The van der Waals surface area contributed by atoms with Gasteiger partial charge >= 0.3 is 5.97 Å². The van der Waals surface area contributed by atoms with Crippen LogP contribution in [0.3, 0.4) is 0 Å². The normalized spacial score (nSPS) is 21.6. The summed E-state index contributed by atoms with van der Waals surface area (Å²) in [5.74, 6) is -0.951. The lowest BCUT2D eigenvalue weighted by atomic mass is 9.83. The minimum atomic E-state index is -0.805. The van der Waals surface area contributed by atoms with E-state index in [1.54, 1.807) is 23.1 Å². The molecule has 1 unspecified atom stereocenters. The van der Waals surface area contributed by atoms with Crippen molar-refractivity contribution >= 4 is 46.1 Å². The fourth-order valence-electron chi connectivity index (χ4n) is 2.82. The van der Waals surface area contributed by atoms with Gasteiger partial charge in [0.05, 0.1) is 10.4 Å². The van der Waals surface area contributed by atoms with Crippen molar-refractivity contribution in [2.24, 2.45) is 5.41 Å². The zero-order chi connectivity index (χ0) is 15.6. The van der Waals surface area contributed by atoms with Gasteiger partial charge in [-0.3, -0.25) is 9.59 Å². The number of carboxylic acids is 1. The molecule has 0 bridgehead atoms. The second-order valence-electron chi connectivity index (χ2n) is 5.44. The van der Waals surface area contributed by atoms with E-state index in [1.807, 2.05) is 6.92 Å². The Kier molecular flexibility index (Phi) is 5.14. The molecular weight excluding hydrogens is 405 g/mol. The molecule has 114 valence electrons. The number of nitrogens with zero attached hydrogens (tertiary/aromatic N) is 1. The molecular formula is C15H17ClINO3. The van der Waals surface area contributed by atoms with Crippen LogP contribution in [0.15, 0.2) is 18.2 Å². The zero-order valence-corrected chi connectivity index (χ0v) is 14.6. The van der Waals surface area contributed by atoms with Crippen molar-refractivity contribution in [1.29, 1.82) is 0 Å². The smallest absolute Gasteiger partial charge is 0.311 e. The number of aliphatic carboxylic acids is 1. The standard InChI is InChI=1S/C15H17ClINO3/c1-2-5-15(14(20)21)6-7-18(9-15)13(19)10-3-4-12(17)11(16)8-10/h3-4,8H,2,5-7,9H2,1H3,(H,20,21). The molecule has 1 aliphatic heterocycles. The molecule has 6 heteroatoms. The van der Waals surface area contributed by atoms with Crippen molar-refractivity contribution < 1.29 is 14.7 Å². The number of carboxylic acid groups (broad SMARTS) is 1. The third kappa shape index (κ3) is 3.34. The third-order valence-electron chi connectivity index (χ3n) is 3.99. The molecule has 1 aromatic rings. The summed E-state index contributed by atoms with van der Waals surface area (Å²) in [7, 11) is 0. The lowest BCUT2D eigenvalue weighted by molar-refractivity contribution is -0.148. The maximum absolute atomic E-state index is 12.5. The van der Waals surface area contributed by atoms with Crippen LogP contribution in [0, 0.1) is 8.99 Å². The first kappa shape index (κ1) is 16.5. The fourth-order valence-corrected chi connectivity index (χ4v) is 3.34. The van der Waals surface area contributed by atoms with E-state index < -0.39 is 11.4 Å². The van der Waals surface area contributed by atoms with E-state index in [-0.39, 0.29) is 12.5 Å². The van der Waals surface area contributed by atoms with Gasteiger partial charge in [0, 0.05) is 22.2 Å². The van der Waals surface area contributed by atoms with Gasteiger partial charge in [0.2, 0.25) is 0 Å². The minimum Gasteiger partial charge on any atom is -0.481 e. The highest BCUT2D eigenvalue weighted by Crippen LogP contribution is 2.36. The molecule has 1 aliphatic rings. The Morgan fingerprint density at radius 1 is 1.48 bits per heavy atom. The molecule has 0 saturated carbocycles. The first-order chi connectivity index (χ1) is 9.89. The van der Waals surface area contributed by atoms with Crippen molar-refractivity contribution in [3.63, 3.8) is 0 Å². The molecule has 2 rings (SSSR count). The Labute approximate surface area is 142 Å². The van der Waals surface area contributed by atoms with Crippen LogP contribution in [0.4, 0.5) is 0 Å². The number of carbonyl (C=O) groups is 2. The molecule has 1 aromatic carbocycles. The van der Waals surface area contributed by atoms with Gasteiger partial charge in [0.25, 0.3) is 5.91 Å². The third-order valence-corrected chi connectivity index (χ3v) is 5.56. The van der Waals surface area contributed by atoms with Crippen LogP contribution in [0.2, 0.25) is 5.02 Å². The van der Waals surface area contributed by atoms with E-state index in [0.717, 1.165) is 9.99 Å². The second-order valence-corrected chi connectivity index (χ2v) is 7.01. The number of benzene rings is 1. The highest BCUT2D eigenvalue weighted by Gasteiger charge is 2.45. The summed E-state index contributed by atoms with van der Waals surface area (Å²) in [5.41, 5.74) is -0.282. The number of carbonyl (C=O) groups excluding carboxylic acids is 1. The van der Waals surface area contributed by atoms with Crippen LogP contribution in [0.1, 0.15) is 36.5 Å². The molecule has 1 heterocycles. The second kappa shape index (κ2) is 6.52. The van der Waals surface area contributed by atoms with Crippen LogP contribution in [0.25, 0.3) is 0 Å². The van der Waals surface area contributed by atoms with Crippen molar-refractivity contribution in [2.75, 3.05) is 13.1 Å². The van der Waals surface area contributed by atoms with Gasteiger partial charge < -0.3 is 10.0 Å². The summed E-state index contributed by atoms with van der Waals surface area (Å²) in [5, 5.41) is 10.0. The molecule has 0 spiro atoms. The number of likely N-dealkylation sites (tertiary alicyclic amines) is 1. The minimum absolute atomic E-state index is 0.146. The quantitative estimate of drug-likeness (QED) is 0.755. The van der Waals surface area contributed by atoms with E-state index >= 15 is 0 Å². The van der Waals surface area contributed by atoms with Crippen LogP contribution >= 0.6 is 34.2 Å². The van der Waals surface area contributed by atoms with E-state index in [1.165, 1.54) is 0 Å². The molecule has 1 N–H and O–H groups in total. The average Bonchev–Trinajstić information content (AvgIpc) is 2.87. The Morgan fingerprint density at radius 2 is 2.19 bits per heavy atom. The number of hydrogen-bond acceptors (Lipinski definition) is 2. The number of rotatable bonds is 4. The van der Waals surface area contributed by atoms with E-state index in [0.29, 0.717) is 30.0 Å². The highest BCUT2D eigenvalue weighted by atomic mass is 127. The summed E-state index contributed by atoms with van der Waals surface area (Å²) < 4.78 is 0.887. The van der Waals surface area contributed by atoms with Gasteiger partial charge in [-0.05, 0) is 53.6 Å². The predicted octanol–water partition coefficient (Wildman–Crippen LogP) is 3.66. The number of halogens is 2. The molecule has 0 aromatic heterocycles. The van der Waals surface area contributed by atoms with Crippen molar-refractivity contribution in [3.8, 4) is 0 Å². The molecule has 1 fully saturated rings. The Bertz CT molecular complexity index is 578. The Hall–Kier alpha value is -0.820. The van der Waals surface area contributed by atoms with E-state index in [9.17, 15) is 14.7 Å². The van der Waals surface area contributed by atoms with Crippen LogP contribution in [0.5, 0.6) is 0 Å². The molecule has 1 saturated heterocycles. The summed E-state index contributed by atoms with van der Waals surface area (Å²) >= 11 is 8.15. The van der Waals surface area contributed by atoms with Gasteiger partial charge in [0.1, 0.15) is 0 Å². The zero-order valence-electron chi connectivity index (χ0n) is 11.7.